The Hall–Kier alpha value is -2.32. The number of thiophene rings is 1. The van der Waals surface area contributed by atoms with Gasteiger partial charge in [0, 0.05) is 16.3 Å². The molecule has 136 valence electrons. The van der Waals surface area contributed by atoms with Gasteiger partial charge in [0.25, 0.3) is 5.56 Å². The van der Waals surface area contributed by atoms with Crippen LogP contribution >= 0.6 is 23.1 Å². The molecule has 0 radical (unpaired) electrons. The fraction of sp³-hybridized carbons (Fsp3) is 0.278. The molecule has 1 aliphatic rings. The summed E-state index contributed by atoms with van der Waals surface area (Å²) >= 11 is 2.90. The molecule has 0 fully saturated rings. The molecule has 3 heterocycles. The Balaban J connectivity index is 2.22. The topological polar surface area (TPSA) is 84.1 Å². The zero-order valence-corrected chi connectivity index (χ0v) is 16.3. The highest BCUT2D eigenvalue weighted by Gasteiger charge is 2.37. The van der Waals surface area contributed by atoms with Crippen LogP contribution in [0.2, 0.25) is 0 Å². The number of esters is 1. The number of H-pyrrole nitrogens is 1. The number of allylic oxidation sites excluding steroid dienone is 1. The first kappa shape index (κ1) is 18.5. The molecule has 0 aromatic carbocycles. The molecular formula is C18H19N3O3S2. The second-order valence-electron chi connectivity index (χ2n) is 5.79. The van der Waals surface area contributed by atoms with Crippen LogP contribution in [0.4, 0.5) is 5.82 Å². The third kappa shape index (κ3) is 3.22. The first-order valence-corrected chi connectivity index (χ1v) is 9.82. The highest BCUT2D eigenvalue weighted by atomic mass is 32.2. The highest BCUT2D eigenvalue weighted by Crippen LogP contribution is 2.42. The Morgan fingerprint density at radius 1 is 1.50 bits per heavy atom. The number of anilines is 1. The molecular weight excluding hydrogens is 370 g/mol. The Morgan fingerprint density at radius 3 is 2.88 bits per heavy atom. The number of ether oxygens (including phenoxy) is 1. The molecule has 8 heteroatoms. The summed E-state index contributed by atoms with van der Waals surface area (Å²) in [5, 5.41) is 5.57. The zero-order chi connectivity index (χ0) is 18.8. The summed E-state index contributed by atoms with van der Waals surface area (Å²) in [6.07, 6.45) is 1.75. The fourth-order valence-corrected chi connectivity index (χ4v) is 4.60. The number of aromatic amines is 1. The first-order valence-electron chi connectivity index (χ1n) is 7.95. The number of nitrogens with zero attached hydrogens (tertiary/aromatic N) is 1. The summed E-state index contributed by atoms with van der Waals surface area (Å²) in [6, 6.07) is 1.97. The molecule has 0 aliphatic carbocycles. The molecule has 0 unspecified atom stereocenters. The van der Waals surface area contributed by atoms with Crippen molar-refractivity contribution in [1.29, 1.82) is 0 Å². The van der Waals surface area contributed by atoms with Crippen molar-refractivity contribution in [3.05, 3.63) is 61.7 Å². The van der Waals surface area contributed by atoms with Crippen LogP contribution in [0.25, 0.3) is 0 Å². The maximum absolute atomic E-state index is 12.9. The van der Waals surface area contributed by atoms with Crippen LogP contribution in [0.15, 0.2) is 45.3 Å². The molecule has 1 atom stereocenters. The summed E-state index contributed by atoms with van der Waals surface area (Å²) in [5.74, 6) is 0.150. The van der Waals surface area contributed by atoms with Crippen molar-refractivity contribution < 1.29 is 9.53 Å². The van der Waals surface area contributed by atoms with E-state index in [1.165, 1.54) is 30.2 Å². The minimum atomic E-state index is -0.506. The second-order valence-corrected chi connectivity index (χ2v) is 7.75. The molecule has 2 N–H and O–H groups in total. The number of thioether (sulfide) groups is 1. The van der Waals surface area contributed by atoms with Gasteiger partial charge in [-0.2, -0.15) is 0 Å². The largest absolute Gasteiger partial charge is 0.466 e. The van der Waals surface area contributed by atoms with Gasteiger partial charge in [0.15, 0.2) is 5.16 Å². The number of rotatable bonds is 5. The van der Waals surface area contributed by atoms with Crippen molar-refractivity contribution in [3.8, 4) is 0 Å². The van der Waals surface area contributed by atoms with E-state index in [1.54, 1.807) is 13.0 Å². The average Bonchev–Trinajstić information content (AvgIpc) is 3.03. The van der Waals surface area contributed by atoms with Gasteiger partial charge in [0.05, 0.1) is 24.2 Å². The average molecular weight is 390 g/mol. The predicted octanol–water partition coefficient (Wildman–Crippen LogP) is 3.42. The van der Waals surface area contributed by atoms with E-state index < -0.39 is 11.9 Å². The van der Waals surface area contributed by atoms with Gasteiger partial charge < -0.3 is 15.0 Å². The van der Waals surface area contributed by atoms with Gasteiger partial charge in [-0.1, -0.05) is 17.8 Å². The number of aromatic nitrogens is 2. The van der Waals surface area contributed by atoms with Crippen molar-refractivity contribution in [3.63, 3.8) is 0 Å². The Kier molecular flexibility index (Phi) is 5.33. The number of carbonyl (C=O) groups excluding carboxylic acids is 1. The summed E-state index contributed by atoms with van der Waals surface area (Å²) in [4.78, 5) is 33.6. The second kappa shape index (κ2) is 7.51. The molecule has 2 aromatic heterocycles. The van der Waals surface area contributed by atoms with Gasteiger partial charge in [-0.05, 0) is 30.9 Å². The number of methoxy groups -OCH3 is 1. The maximum atomic E-state index is 12.9. The summed E-state index contributed by atoms with van der Waals surface area (Å²) in [5.41, 5.74) is 2.26. The molecule has 0 saturated carbocycles. The van der Waals surface area contributed by atoms with Crippen molar-refractivity contribution in [2.24, 2.45) is 0 Å². The van der Waals surface area contributed by atoms with Crippen LogP contribution in [-0.2, 0) is 9.53 Å². The van der Waals surface area contributed by atoms with E-state index in [2.05, 4.69) is 21.9 Å². The lowest BCUT2D eigenvalue weighted by Crippen LogP contribution is -2.30. The Bertz CT molecular complexity index is 959. The number of carbonyl (C=O) groups is 1. The van der Waals surface area contributed by atoms with E-state index >= 15 is 0 Å². The SMILES string of the molecule is C=CCSc1nc2c(c(=O)[nH]1)[C@@H](c1sccc1C)C(C(=O)OC)=C(C)N2. The van der Waals surface area contributed by atoms with E-state index in [-0.39, 0.29) is 5.56 Å². The molecule has 26 heavy (non-hydrogen) atoms. The van der Waals surface area contributed by atoms with Crippen LogP contribution in [0.3, 0.4) is 0 Å². The molecule has 1 aliphatic heterocycles. The predicted molar refractivity (Wildman–Crippen MR) is 105 cm³/mol. The molecule has 0 bridgehead atoms. The maximum Gasteiger partial charge on any atom is 0.336 e. The molecule has 3 rings (SSSR count). The number of hydrogen-bond donors (Lipinski definition) is 2. The van der Waals surface area contributed by atoms with E-state index in [1.807, 2.05) is 18.4 Å². The Labute approximate surface area is 159 Å². The van der Waals surface area contributed by atoms with Crippen molar-refractivity contribution in [2.75, 3.05) is 18.2 Å². The quantitative estimate of drug-likeness (QED) is 0.353. The van der Waals surface area contributed by atoms with Crippen LogP contribution in [-0.4, -0.2) is 28.8 Å². The lowest BCUT2D eigenvalue weighted by molar-refractivity contribution is -0.136. The molecule has 0 spiro atoms. The first-order chi connectivity index (χ1) is 12.5. The van der Waals surface area contributed by atoms with Gasteiger partial charge in [-0.25, -0.2) is 9.78 Å². The molecule has 2 aromatic rings. The third-order valence-corrected chi connectivity index (χ3v) is 6.08. The van der Waals surface area contributed by atoms with Crippen LogP contribution in [0.1, 0.15) is 28.8 Å². The number of hydrogen-bond acceptors (Lipinski definition) is 7. The van der Waals surface area contributed by atoms with Gasteiger partial charge >= 0.3 is 5.97 Å². The normalized spacial score (nSPS) is 16.0. The monoisotopic (exact) mass is 389 g/mol. The van der Waals surface area contributed by atoms with E-state index in [0.29, 0.717) is 33.6 Å². The van der Waals surface area contributed by atoms with Gasteiger partial charge in [0.1, 0.15) is 5.82 Å². The summed E-state index contributed by atoms with van der Waals surface area (Å²) < 4.78 is 4.98. The van der Waals surface area contributed by atoms with E-state index in [9.17, 15) is 9.59 Å². The number of nitrogens with one attached hydrogen (secondary N) is 2. The van der Waals surface area contributed by atoms with E-state index in [0.717, 1.165) is 10.4 Å². The van der Waals surface area contributed by atoms with Gasteiger partial charge in [-0.3, -0.25) is 4.79 Å². The third-order valence-electron chi connectivity index (χ3n) is 4.13. The van der Waals surface area contributed by atoms with E-state index in [4.69, 9.17) is 4.74 Å². The number of aryl methyl sites for hydroxylation is 1. The summed E-state index contributed by atoms with van der Waals surface area (Å²) in [6.45, 7) is 7.44. The van der Waals surface area contributed by atoms with Gasteiger partial charge in [-0.15, -0.1) is 17.9 Å². The molecule has 0 amide bonds. The summed E-state index contributed by atoms with van der Waals surface area (Å²) in [7, 11) is 1.34. The standard InChI is InChI=1S/C18H19N3O3S2/c1-5-7-26-18-20-15-13(16(22)21-18)12(14-9(2)6-8-25-14)11(10(3)19-15)17(23)24-4/h5-6,8,12H,1,7H2,2-4H3,(H2,19,20,21,22)/t12-/m0/s1. The fourth-order valence-electron chi connectivity index (χ4n) is 2.96. The van der Waals surface area contributed by atoms with Crippen molar-refractivity contribution in [1.82, 2.24) is 9.97 Å². The minimum Gasteiger partial charge on any atom is -0.466 e. The van der Waals surface area contributed by atoms with Gasteiger partial charge in [0.2, 0.25) is 0 Å². The lowest BCUT2D eigenvalue weighted by atomic mass is 9.85. The van der Waals surface area contributed by atoms with Crippen molar-refractivity contribution in [2.45, 2.75) is 24.9 Å². The lowest BCUT2D eigenvalue weighted by Gasteiger charge is -2.28. The minimum absolute atomic E-state index is 0.263. The van der Waals surface area contributed by atoms with Crippen LogP contribution in [0.5, 0.6) is 0 Å². The van der Waals surface area contributed by atoms with Crippen LogP contribution < -0.4 is 10.9 Å². The van der Waals surface area contributed by atoms with Crippen LogP contribution in [0, 0.1) is 6.92 Å². The smallest absolute Gasteiger partial charge is 0.336 e. The molecule has 0 saturated heterocycles. The highest BCUT2D eigenvalue weighted by molar-refractivity contribution is 7.99. The van der Waals surface area contributed by atoms with Crippen molar-refractivity contribution >= 4 is 34.9 Å². The number of fused-ring (bicyclic) bond motifs is 1. The molecule has 6 nitrogen and oxygen atoms in total. The zero-order valence-electron chi connectivity index (χ0n) is 14.7. The Morgan fingerprint density at radius 2 is 2.27 bits per heavy atom.